The summed E-state index contributed by atoms with van der Waals surface area (Å²) in [5.74, 6) is -0.298. The molecule has 7 heteroatoms. The Labute approximate surface area is 201 Å². The number of amides is 1. The van der Waals surface area contributed by atoms with E-state index in [2.05, 4.69) is 10.0 Å². The van der Waals surface area contributed by atoms with Crippen LogP contribution in [0.25, 0.3) is 6.08 Å². The third-order valence-corrected chi connectivity index (χ3v) is 7.22. The van der Waals surface area contributed by atoms with Gasteiger partial charge in [-0.05, 0) is 48.7 Å². The monoisotopic (exact) mass is 475 g/mol. The lowest BCUT2D eigenvalue weighted by Crippen LogP contribution is -2.45. The molecule has 0 fully saturated rings. The van der Waals surface area contributed by atoms with Crippen molar-refractivity contribution in [2.75, 3.05) is 11.9 Å². The van der Waals surface area contributed by atoms with Crippen LogP contribution in [0.4, 0.5) is 5.69 Å². The number of fused-ring (bicyclic) bond motifs is 1. The predicted octanol–water partition coefficient (Wildman–Crippen LogP) is 4.58. The molecule has 1 aliphatic rings. The smallest absolute Gasteiger partial charge is 0.245 e. The molecule has 34 heavy (non-hydrogen) atoms. The van der Waals surface area contributed by atoms with Gasteiger partial charge in [-0.25, -0.2) is 8.42 Å². The van der Waals surface area contributed by atoms with E-state index in [1.165, 1.54) is 0 Å². The summed E-state index contributed by atoms with van der Waals surface area (Å²) in [6.07, 6.45) is 3.83. The van der Waals surface area contributed by atoms with Crippen LogP contribution in [0.3, 0.4) is 0 Å². The molecule has 0 bridgehead atoms. The summed E-state index contributed by atoms with van der Waals surface area (Å²) < 4.78 is 29.6. The molecule has 3 aromatic rings. The number of rotatable bonds is 8. The van der Waals surface area contributed by atoms with E-state index < -0.39 is 16.1 Å². The van der Waals surface area contributed by atoms with Crippen molar-refractivity contribution in [1.29, 1.82) is 0 Å². The van der Waals surface area contributed by atoms with Crippen molar-refractivity contribution >= 4 is 27.7 Å². The fourth-order valence-electron chi connectivity index (χ4n) is 3.95. The Kier molecular flexibility index (Phi) is 7.14. The molecule has 0 saturated carbocycles. The normalized spacial score (nSPS) is 13.7. The van der Waals surface area contributed by atoms with Crippen LogP contribution in [-0.2, 0) is 21.4 Å². The highest BCUT2D eigenvalue weighted by Gasteiger charge is 2.32. The lowest BCUT2D eigenvalue weighted by Gasteiger charge is -2.31. The van der Waals surface area contributed by atoms with Crippen LogP contribution in [0.1, 0.15) is 36.6 Å². The van der Waals surface area contributed by atoms with Crippen molar-refractivity contribution in [3.63, 3.8) is 0 Å². The second kappa shape index (κ2) is 10.2. The minimum Gasteiger partial charge on any atom is -0.381 e. The van der Waals surface area contributed by atoms with Gasteiger partial charge in [0.1, 0.15) is 6.04 Å². The SMILES string of the molecule is CC(C)N(Cc1ccccc1)C(=O)C(NS(=O)(=O)c1ccc2c(c1)C=CCN2)c1ccccc1. The van der Waals surface area contributed by atoms with Crippen LogP contribution >= 0.6 is 0 Å². The van der Waals surface area contributed by atoms with Gasteiger partial charge in [0.15, 0.2) is 0 Å². The van der Waals surface area contributed by atoms with Gasteiger partial charge in [0.05, 0.1) is 4.90 Å². The van der Waals surface area contributed by atoms with E-state index in [9.17, 15) is 13.2 Å². The van der Waals surface area contributed by atoms with E-state index in [4.69, 9.17) is 0 Å². The minimum atomic E-state index is -3.98. The molecule has 1 aliphatic heterocycles. The maximum absolute atomic E-state index is 13.8. The molecule has 0 spiro atoms. The molecule has 0 aromatic heterocycles. The standard InChI is InChI=1S/C27H29N3O3S/c1-20(2)30(19-21-10-5-3-6-11-21)27(31)26(22-12-7-4-8-13-22)29-34(32,33)24-15-16-25-23(18-24)14-9-17-28-25/h3-16,18,20,26,28-29H,17,19H2,1-2H3. The van der Waals surface area contributed by atoms with Crippen molar-refractivity contribution in [2.24, 2.45) is 0 Å². The second-order valence-electron chi connectivity index (χ2n) is 8.54. The van der Waals surface area contributed by atoms with Crippen LogP contribution < -0.4 is 10.0 Å². The Balaban J connectivity index is 1.67. The largest absolute Gasteiger partial charge is 0.381 e. The molecule has 176 valence electrons. The molecule has 6 nitrogen and oxygen atoms in total. The topological polar surface area (TPSA) is 78.5 Å². The first-order valence-electron chi connectivity index (χ1n) is 11.3. The third-order valence-electron chi connectivity index (χ3n) is 5.80. The van der Waals surface area contributed by atoms with Gasteiger partial charge >= 0.3 is 0 Å². The first kappa shape index (κ1) is 23.7. The number of benzene rings is 3. The second-order valence-corrected chi connectivity index (χ2v) is 10.3. The Morgan fingerprint density at radius 2 is 1.68 bits per heavy atom. The van der Waals surface area contributed by atoms with Crippen LogP contribution in [0, 0.1) is 0 Å². The summed E-state index contributed by atoms with van der Waals surface area (Å²) in [4.78, 5) is 15.6. The zero-order chi connectivity index (χ0) is 24.1. The first-order valence-corrected chi connectivity index (χ1v) is 12.8. The maximum atomic E-state index is 13.8. The average Bonchev–Trinajstić information content (AvgIpc) is 2.86. The Morgan fingerprint density at radius 3 is 2.35 bits per heavy atom. The number of sulfonamides is 1. The molecular formula is C27H29N3O3S. The fourth-order valence-corrected chi connectivity index (χ4v) is 5.16. The molecule has 3 aromatic carbocycles. The van der Waals surface area contributed by atoms with Crippen LogP contribution in [0.2, 0.25) is 0 Å². The van der Waals surface area contributed by atoms with E-state index >= 15 is 0 Å². The number of nitrogens with zero attached hydrogens (tertiary/aromatic N) is 1. The van der Waals surface area contributed by atoms with Crippen molar-refractivity contribution in [3.05, 3.63) is 102 Å². The quantitative estimate of drug-likeness (QED) is 0.500. The average molecular weight is 476 g/mol. The van der Waals surface area contributed by atoms with Crippen LogP contribution in [-0.4, -0.2) is 31.8 Å². The molecule has 1 heterocycles. The summed E-state index contributed by atoms with van der Waals surface area (Å²) in [5.41, 5.74) is 3.25. The lowest BCUT2D eigenvalue weighted by atomic mass is 10.1. The van der Waals surface area contributed by atoms with Gasteiger partial charge in [-0.2, -0.15) is 4.72 Å². The Morgan fingerprint density at radius 1 is 1.00 bits per heavy atom. The van der Waals surface area contributed by atoms with E-state index in [0.717, 1.165) is 16.8 Å². The summed E-state index contributed by atoms with van der Waals surface area (Å²) in [6.45, 7) is 4.95. The van der Waals surface area contributed by atoms with Gasteiger partial charge in [-0.1, -0.05) is 72.8 Å². The van der Waals surface area contributed by atoms with E-state index in [1.807, 2.05) is 62.4 Å². The van der Waals surface area contributed by atoms with Crippen molar-refractivity contribution in [1.82, 2.24) is 9.62 Å². The molecule has 1 amide bonds. The zero-order valence-electron chi connectivity index (χ0n) is 19.3. The highest BCUT2D eigenvalue weighted by Crippen LogP contribution is 2.26. The number of hydrogen-bond donors (Lipinski definition) is 2. The Bertz CT molecular complexity index is 1270. The number of hydrogen-bond acceptors (Lipinski definition) is 4. The van der Waals surface area contributed by atoms with Gasteiger partial charge in [-0.3, -0.25) is 4.79 Å². The maximum Gasteiger partial charge on any atom is 0.245 e. The van der Waals surface area contributed by atoms with Crippen molar-refractivity contribution in [3.8, 4) is 0 Å². The van der Waals surface area contributed by atoms with Gasteiger partial charge in [0.2, 0.25) is 15.9 Å². The van der Waals surface area contributed by atoms with Crippen LogP contribution in [0.15, 0.2) is 89.8 Å². The van der Waals surface area contributed by atoms with Gasteiger partial charge in [0.25, 0.3) is 0 Å². The molecule has 1 atom stereocenters. The van der Waals surface area contributed by atoms with Crippen molar-refractivity contribution < 1.29 is 13.2 Å². The summed E-state index contributed by atoms with van der Waals surface area (Å²) in [5, 5.41) is 3.21. The predicted molar refractivity (Wildman–Crippen MR) is 136 cm³/mol. The third kappa shape index (κ3) is 5.38. The molecule has 0 aliphatic carbocycles. The van der Waals surface area contributed by atoms with Crippen LogP contribution in [0.5, 0.6) is 0 Å². The highest BCUT2D eigenvalue weighted by atomic mass is 32.2. The lowest BCUT2D eigenvalue weighted by molar-refractivity contribution is -0.135. The Hall–Kier alpha value is -3.42. The van der Waals surface area contributed by atoms with Gasteiger partial charge < -0.3 is 10.2 Å². The molecule has 1 unspecified atom stereocenters. The highest BCUT2D eigenvalue weighted by molar-refractivity contribution is 7.89. The number of carbonyl (C=O) groups is 1. The van der Waals surface area contributed by atoms with E-state index in [0.29, 0.717) is 18.7 Å². The number of carbonyl (C=O) groups excluding carboxylic acids is 1. The molecule has 0 saturated heterocycles. The summed E-state index contributed by atoms with van der Waals surface area (Å²) >= 11 is 0. The number of anilines is 1. The van der Waals surface area contributed by atoms with Gasteiger partial charge in [0, 0.05) is 24.8 Å². The van der Waals surface area contributed by atoms with Gasteiger partial charge in [-0.15, -0.1) is 0 Å². The molecule has 2 N–H and O–H groups in total. The zero-order valence-corrected chi connectivity index (χ0v) is 20.1. The summed E-state index contributed by atoms with van der Waals surface area (Å²) in [6, 6.07) is 22.4. The first-order chi connectivity index (χ1) is 16.3. The molecule has 0 radical (unpaired) electrons. The minimum absolute atomic E-state index is 0.118. The molecular weight excluding hydrogens is 446 g/mol. The number of nitrogens with one attached hydrogen (secondary N) is 2. The fraction of sp³-hybridized carbons (Fsp3) is 0.222. The van der Waals surface area contributed by atoms with Crippen molar-refractivity contribution in [2.45, 2.75) is 37.4 Å². The van der Waals surface area contributed by atoms with E-state index in [-0.39, 0.29) is 16.8 Å². The molecule has 4 rings (SSSR count). The summed E-state index contributed by atoms with van der Waals surface area (Å²) in [7, 11) is -3.98. The van der Waals surface area contributed by atoms with E-state index in [1.54, 1.807) is 47.4 Å².